The van der Waals surface area contributed by atoms with Gasteiger partial charge in [0.25, 0.3) is 5.91 Å². The van der Waals surface area contributed by atoms with Gasteiger partial charge in [-0.15, -0.1) is 0 Å². The smallest absolute Gasteiger partial charge is 0.255 e. The molecule has 3 saturated heterocycles. The third-order valence-corrected chi connectivity index (χ3v) is 6.40. The molecule has 6 nitrogen and oxygen atoms in total. The van der Waals surface area contributed by atoms with Crippen molar-refractivity contribution in [2.45, 2.75) is 30.7 Å². The summed E-state index contributed by atoms with van der Waals surface area (Å²) in [7, 11) is 0. The van der Waals surface area contributed by atoms with E-state index in [0.29, 0.717) is 12.1 Å². The zero-order valence-electron chi connectivity index (χ0n) is 15.9. The van der Waals surface area contributed by atoms with Crippen molar-refractivity contribution in [1.82, 2.24) is 19.7 Å². The van der Waals surface area contributed by atoms with Crippen molar-refractivity contribution in [2.75, 3.05) is 32.7 Å². The van der Waals surface area contributed by atoms with Crippen LogP contribution in [0.5, 0.6) is 0 Å². The van der Waals surface area contributed by atoms with E-state index in [9.17, 15) is 9.90 Å². The van der Waals surface area contributed by atoms with Gasteiger partial charge >= 0.3 is 0 Å². The lowest BCUT2D eigenvalue weighted by molar-refractivity contribution is -0.108. The van der Waals surface area contributed by atoms with E-state index in [2.05, 4.69) is 39.0 Å². The summed E-state index contributed by atoms with van der Waals surface area (Å²) in [5, 5.41) is 10.3. The molecule has 3 fully saturated rings. The lowest BCUT2D eigenvalue weighted by atomic mass is 9.83. The average Bonchev–Trinajstić information content (AvgIpc) is 3.08. The van der Waals surface area contributed by atoms with Gasteiger partial charge in [-0.05, 0) is 24.1 Å². The first kappa shape index (κ1) is 17.8. The molecule has 1 aromatic carbocycles. The van der Waals surface area contributed by atoms with Crippen LogP contribution in [0.25, 0.3) is 0 Å². The molecule has 0 radical (unpaired) electrons. The summed E-state index contributed by atoms with van der Waals surface area (Å²) in [4.78, 5) is 24.1. The number of aliphatic hydroxyl groups excluding tert-OH is 1. The number of benzene rings is 1. The van der Waals surface area contributed by atoms with E-state index >= 15 is 0 Å². The highest BCUT2D eigenvalue weighted by atomic mass is 16.3. The van der Waals surface area contributed by atoms with Crippen molar-refractivity contribution in [3.63, 3.8) is 0 Å². The van der Waals surface area contributed by atoms with Crippen LogP contribution in [0, 0.1) is 0 Å². The van der Waals surface area contributed by atoms with Crippen molar-refractivity contribution in [3.05, 3.63) is 66.0 Å². The van der Waals surface area contributed by atoms with Crippen molar-refractivity contribution in [1.29, 1.82) is 0 Å². The molecule has 2 aromatic rings. The van der Waals surface area contributed by atoms with Crippen molar-refractivity contribution in [3.8, 4) is 0 Å². The second-order valence-corrected chi connectivity index (χ2v) is 8.48. The number of aliphatic hydroxyl groups is 1. The van der Waals surface area contributed by atoms with Crippen LogP contribution in [0.15, 0.2) is 54.9 Å². The predicted molar refractivity (Wildman–Crippen MR) is 106 cm³/mol. The molecule has 5 rings (SSSR count). The van der Waals surface area contributed by atoms with E-state index in [1.165, 1.54) is 5.56 Å². The molecule has 0 saturated carbocycles. The number of likely N-dealkylation sites (tertiary alicyclic amines) is 1. The predicted octanol–water partition coefficient (Wildman–Crippen LogP) is 1.23. The van der Waals surface area contributed by atoms with Gasteiger partial charge < -0.3 is 10.0 Å². The minimum absolute atomic E-state index is 0.0486. The van der Waals surface area contributed by atoms with Crippen LogP contribution in [-0.4, -0.2) is 81.1 Å². The largest absolute Gasteiger partial charge is 0.392 e. The average molecular weight is 378 g/mol. The van der Waals surface area contributed by atoms with E-state index in [0.717, 1.165) is 39.1 Å². The van der Waals surface area contributed by atoms with Crippen molar-refractivity contribution >= 4 is 5.91 Å². The molecule has 0 aliphatic carbocycles. The molecule has 3 aliphatic rings. The number of piperazine rings is 1. The Balaban J connectivity index is 1.34. The Morgan fingerprint density at radius 2 is 1.93 bits per heavy atom. The van der Waals surface area contributed by atoms with Crippen LogP contribution >= 0.6 is 0 Å². The molecular formula is C22H26N4O2. The molecular weight excluding hydrogens is 352 g/mol. The number of carbonyl (C=O) groups excluding carboxylic acids is 1. The van der Waals surface area contributed by atoms with Gasteiger partial charge in [-0.25, -0.2) is 0 Å². The summed E-state index contributed by atoms with van der Waals surface area (Å²) < 4.78 is 0. The molecule has 2 atom stereocenters. The minimum Gasteiger partial charge on any atom is -0.392 e. The van der Waals surface area contributed by atoms with E-state index < -0.39 is 0 Å². The topological polar surface area (TPSA) is 59.9 Å². The monoisotopic (exact) mass is 378 g/mol. The fourth-order valence-electron chi connectivity index (χ4n) is 5.26. The number of rotatable bonds is 3. The lowest BCUT2D eigenvalue weighted by Gasteiger charge is -2.61. The van der Waals surface area contributed by atoms with Crippen LogP contribution in [0.2, 0.25) is 0 Å². The maximum atomic E-state index is 13.1. The quantitative estimate of drug-likeness (QED) is 0.871. The SMILES string of the molecule is O=C(c1cccnc1)N1C[C@H]2C[C@@H](O)CN2C2(CN(Cc3ccccc3)C2)C1. The standard InChI is InChI=1S/C22H26N4O2/c27-20-9-19-12-25(21(28)18-7-4-8-23-10-18)16-22(26(19)13-20)14-24(15-22)11-17-5-2-1-3-6-17/h1-8,10,19-20,27H,9,11-16H2/t19-,20-/m1/s1. The first-order chi connectivity index (χ1) is 13.6. The molecule has 0 unspecified atom stereocenters. The highest BCUT2D eigenvalue weighted by Crippen LogP contribution is 2.39. The normalized spacial score (nSPS) is 26.8. The fourth-order valence-corrected chi connectivity index (χ4v) is 5.26. The molecule has 0 bridgehead atoms. The van der Waals surface area contributed by atoms with Crippen LogP contribution in [0.1, 0.15) is 22.3 Å². The Bertz CT molecular complexity index is 838. The number of β-amino-alcohol motifs (C(OH)–C–C–N with tert-alkyl or cyclic N) is 1. The van der Waals surface area contributed by atoms with Gasteiger partial charge in [0, 0.05) is 57.7 Å². The molecule has 1 N–H and O–H groups in total. The highest BCUT2D eigenvalue weighted by molar-refractivity contribution is 5.94. The number of nitrogens with zero attached hydrogens (tertiary/aromatic N) is 4. The molecule has 3 aliphatic heterocycles. The third-order valence-electron chi connectivity index (χ3n) is 6.40. The van der Waals surface area contributed by atoms with Crippen molar-refractivity contribution < 1.29 is 9.90 Å². The number of amides is 1. The van der Waals surface area contributed by atoms with Gasteiger partial charge in [-0.1, -0.05) is 30.3 Å². The van der Waals surface area contributed by atoms with E-state index in [4.69, 9.17) is 0 Å². The van der Waals surface area contributed by atoms with Crippen LogP contribution in [0.4, 0.5) is 0 Å². The molecule has 6 heteroatoms. The molecule has 4 heterocycles. The zero-order chi connectivity index (χ0) is 19.1. The number of carbonyl (C=O) groups is 1. The van der Waals surface area contributed by atoms with Crippen molar-refractivity contribution in [2.24, 2.45) is 0 Å². The molecule has 1 aromatic heterocycles. The fraction of sp³-hybridized carbons (Fsp3) is 0.455. The number of hydrogen-bond donors (Lipinski definition) is 1. The van der Waals surface area contributed by atoms with Gasteiger partial charge in [0.05, 0.1) is 17.2 Å². The second-order valence-electron chi connectivity index (χ2n) is 8.48. The maximum absolute atomic E-state index is 13.1. The Morgan fingerprint density at radius 1 is 1.11 bits per heavy atom. The second kappa shape index (κ2) is 6.95. The third kappa shape index (κ3) is 3.11. The van der Waals surface area contributed by atoms with E-state index in [-0.39, 0.29) is 23.6 Å². The van der Waals surface area contributed by atoms with Gasteiger partial charge in [0.1, 0.15) is 0 Å². The Hall–Kier alpha value is -2.28. The summed E-state index contributed by atoms with van der Waals surface area (Å²) in [6.07, 6.45) is 3.79. The maximum Gasteiger partial charge on any atom is 0.255 e. The van der Waals surface area contributed by atoms with Gasteiger partial charge in [-0.3, -0.25) is 19.6 Å². The van der Waals surface area contributed by atoms with E-state index in [1.54, 1.807) is 12.4 Å². The van der Waals surface area contributed by atoms with E-state index in [1.807, 2.05) is 23.1 Å². The summed E-state index contributed by atoms with van der Waals surface area (Å²) in [6.45, 7) is 4.92. The summed E-state index contributed by atoms with van der Waals surface area (Å²) in [5.41, 5.74) is 1.91. The van der Waals surface area contributed by atoms with Crippen LogP contribution in [-0.2, 0) is 6.54 Å². The highest BCUT2D eigenvalue weighted by Gasteiger charge is 2.56. The minimum atomic E-state index is -0.293. The Kier molecular flexibility index (Phi) is 4.42. The zero-order valence-corrected chi connectivity index (χ0v) is 15.9. The van der Waals surface area contributed by atoms with Crippen LogP contribution < -0.4 is 0 Å². The van der Waals surface area contributed by atoms with Crippen LogP contribution in [0.3, 0.4) is 0 Å². The first-order valence-electron chi connectivity index (χ1n) is 10.0. The Labute approximate surface area is 165 Å². The molecule has 146 valence electrons. The summed E-state index contributed by atoms with van der Waals surface area (Å²) >= 11 is 0. The number of hydrogen-bond acceptors (Lipinski definition) is 5. The van der Waals surface area contributed by atoms with Gasteiger partial charge in [-0.2, -0.15) is 0 Å². The molecule has 1 spiro atoms. The number of fused-ring (bicyclic) bond motifs is 2. The molecule has 28 heavy (non-hydrogen) atoms. The number of pyridine rings is 1. The molecule has 1 amide bonds. The summed E-state index contributed by atoms with van der Waals surface area (Å²) in [6, 6.07) is 14.4. The Morgan fingerprint density at radius 3 is 2.68 bits per heavy atom. The van der Waals surface area contributed by atoms with Gasteiger partial charge in [0.2, 0.25) is 0 Å². The summed E-state index contributed by atoms with van der Waals surface area (Å²) in [5.74, 6) is 0.0509. The van der Waals surface area contributed by atoms with Gasteiger partial charge in [0.15, 0.2) is 0 Å². The number of aromatic nitrogens is 1. The first-order valence-corrected chi connectivity index (χ1v) is 10.0. The lowest BCUT2D eigenvalue weighted by Crippen LogP contribution is -2.78.